The summed E-state index contributed by atoms with van der Waals surface area (Å²) in [7, 11) is -3.50. The number of rotatable bonds is 12. The molecule has 0 unspecified atom stereocenters. The molecule has 0 saturated heterocycles. The molecule has 1 aliphatic carbocycles. The molecular weight excluding hydrogens is 512 g/mol. The smallest absolute Gasteiger partial charge is 0.277 e. The highest BCUT2D eigenvalue weighted by atomic mass is 35.5. The first-order chi connectivity index (χ1) is 17.6. The van der Waals surface area contributed by atoms with E-state index in [1.807, 2.05) is 51.1 Å². The third-order valence-electron chi connectivity index (χ3n) is 5.82. The molecule has 0 atom stereocenters. The number of aryl methyl sites for hydroxylation is 3. The second-order valence-corrected chi connectivity index (χ2v) is 11.2. The lowest BCUT2D eigenvalue weighted by Gasteiger charge is -2.15. The van der Waals surface area contributed by atoms with Gasteiger partial charge in [0.05, 0.1) is 12.8 Å². The zero-order chi connectivity index (χ0) is 26.6. The van der Waals surface area contributed by atoms with Crippen molar-refractivity contribution in [2.45, 2.75) is 59.5 Å². The normalized spacial score (nSPS) is 13.4. The molecular formula is C26H33ClN6O3S. The quantitative estimate of drug-likeness (QED) is 0.240. The molecule has 1 aromatic heterocycles. The maximum atomic E-state index is 12.1. The van der Waals surface area contributed by atoms with Crippen LogP contribution in [0.25, 0.3) is 0 Å². The number of ether oxygens (including phenoxy) is 1. The van der Waals surface area contributed by atoms with Crippen molar-refractivity contribution in [3.8, 4) is 5.75 Å². The average Bonchev–Trinajstić information content (AvgIpc) is 3.64. The molecule has 3 aromatic rings. The Hall–Kier alpha value is -2.92. The van der Waals surface area contributed by atoms with Crippen molar-refractivity contribution >= 4 is 45.0 Å². The Morgan fingerprint density at radius 3 is 2.43 bits per heavy atom. The highest BCUT2D eigenvalue weighted by Gasteiger charge is 2.26. The SMILES string of the molecule is CCCOc1c(C)cc(Nc2ncc(Cl)c(Nc3ccc(CNS(=O)(=O)NC4CC4)cc3C)n2)cc1C. The van der Waals surface area contributed by atoms with Gasteiger partial charge in [-0.3, -0.25) is 0 Å². The molecule has 0 bridgehead atoms. The Morgan fingerprint density at radius 2 is 1.78 bits per heavy atom. The number of aromatic nitrogens is 2. The lowest BCUT2D eigenvalue weighted by atomic mass is 10.1. The monoisotopic (exact) mass is 544 g/mol. The first-order valence-corrected chi connectivity index (χ1v) is 14.2. The van der Waals surface area contributed by atoms with Gasteiger partial charge in [-0.25, -0.2) is 4.98 Å². The highest BCUT2D eigenvalue weighted by molar-refractivity contribution is 7.87. The predicted molar refractivity (Wildman–Crippen MR) is 148 cm³/mol. The van der Waals surface area contributed by atoms with Gasteiger partial charge < -0.3 is 15.4 Å². The molecule has 4 rings (SSSR count). The van der Waals surface area contributed by atoms with Crippen LogP contribution in [-0.2, 0) is 16.8 Å². The second-order valence-electron chi connectivity index (χ2n) is 9.29. The number of benzene rings is 2. The van der Waals surface area contributed by atoms with Crippen molar-refractivity contribution in [2.24, 2.45) is 0 Å². The van der Waals surface area contributed by atoms with Crippen LogP contribution >= 0.6 is 11.6 Å². The summed E-state index contributed by atoms with van der Waals surface area (Å²) in [6.45, 7) is 8.92. The van der Waals surface area contributed by atoms with E-state index in [1.165, 1.54) is 0 Å². The molecule has 0 radical (unpaired) electrons. The first-order valence-electron chi connectivity index (χ1n) is 12.3. The van der Waals surface area contributed by atoms with E-state index in [0.717, 1.165) is 58.6 Å². The van der Waals surface area contributed by atoms with Crippen molar-refractivity contribution in [3.05, 3.63) is 63.8 Å². The van der Waals surface area contributed by atoms with E-state index in [0.29, 0.717) is 23.4 Å². The van der Waals surface area contributed by atoms with Gasteiger partial charge in [-0.1, -0.05) is 30.7 Å². The summed E-state index contributed by atoms with van der Waals surface area (Å²) >= 11 is 6.38. The standard InChI is InChI=1S/C26H33ClN6O3S/c1-5-10-36-24-17(3)12-21(13-18(24)4)30-26-28-15-22(27)25(32-26)31-23-9-6-19(11-16(23)2)14-29-37(34,35)33-20-7-8-20/h6,9,11-13,15,20,29,33H,5,7-8,10,14H2,1-4H3,(H2,28,30,31,32). The summed E-state index contributed by atoms with van der Waals surface area (Å²) in [4.78, 5) is 8.88. The zero-order valence-electron chi connectivity index (χ0n) is 21.5. The number of halogens is 1. The lowest BCUT2D eigenvalue weighted by molar-refractivity contribution is 0.313. The molecule has 0 amide bonds. The molecule has 1 fully saturated rings. The summed E-state index contributed by atoms with van der Waals surface area (Å²) < 4.78 is 35.2. The number of hydrogen-bond donors (Lipinski definition) is 4. The molecule has 0 spiro atoms. The van der Waals surface area contributed by atoms with Crippen LogP contribution in [0.1, 0.15) is 48.4 Å². The van der Waals surface area contributed by atoms with Gasteiger partial charge in [0.25, 0.3) is 10.2 Å². The molecule has 2 aromatic carbocycles. The Bertz CT molecular complexity index is 1360. The van der Waals surface area contributed by atoms with Gasteiger partial charge in [0.15, 0.2) is 5.82 Å². The minimum atomic E-state index is -3.50. The van der Waals surface area contributed by atoms with Crippen LogP contribution in [0.4, 0.5) is 23.1 Å². The fourth-order valence-electron chi connectivity index (χ4n) is 3.84. The second kappa shape index (κ2) is 11.6. The predicted octanol–water partition coefficient (Wildman–Crippen LogP) is 5.42. The van der Waals surface area contributed by atoms with E-state index < -0.39 is 10.2 Å². The topological polar surface area (TPSA) is 117 Å². The third-order valence-corrected chi connectivity index (χ3v) is 7.27. The van der Waals surface area contributed by atoms with Crippen molar-refractivity contribution < 1.29 is 13.2 Å². The fourth-order valence-corrected chi connectivity index (χ4v) is 5.10. The van der Waals surface area contributed by atoms with E-state index in [9.17, 15) is 8.42 Å². The van der Waals surface area contributed by atoms with Crippen molar-refractivity contribution in [1.29, 1.82) is 0 Å². The first kappa shape index (κ1) is 27.1. The highest BCUT2D eigenvalue weighted by Crippen LogP contribution is 2.30. The molecule has 37 heavy (non-hydrogen) atoms. The molecule has 9 nitrogen and oxygen atoms in total. The lowest BCUT2D eigenvalue weighted by Crippen LogP contribution is -2.37. The van der Waals surface area contributed by atoms with E-state index in [-0.39, 0.29) is 12.6 Å². The van der Waals surface area contributed by atoms with Gasteiger partial charge in [-0.2, -0.15) is 22.8 Å². The maximum Gasteiger partial charge on any atom is 0.277 e. The van der Waals surface area contributed by atoms with Gasteiger partial charge in [-0.15, -0.1) is 0 Å². The Morgan fingerprint density at radius 1 is 1.05 bits per heavy atom. The Balaban J connectivity index is 1.44. The molecule has 1 saturated carbocycles. The van der Waals surface area contributed by atoms with E-state index in [1.54, 1.807) is 6.20 Å². The van der Waals surface area contributed by atoms with Crippen LogP contribution < -0.4 is 24.8 Å². The molecule has 1 aliphatic rings. The van der Waals surface area contributed by atoms with Crippen LogP contribution in [0.3, 0.4) is 0 Å². The summed E-state index contributed by atoms with van der Waals surface area (Å²) in [5.41, 5.74) is 5.49. The number of hydrogen-bond acceptors (Lipinski definition) is 7. The largest absolute Gasteiger partial charge is 0.493 e. The summed E-state index contributed by atoms with van der Waals surface area (Å²) in [6.07, 6.45) is 4.28. The Kier molecular flexibility index (Phi) is 8.53. The maximum absolute atomic E-state index is 12.1. The van der Waals surface area contributed by atoms with Gasteiger partial charge >= 0.3 is 0 Å². The third kappa shape index (κ3) is 7.54. The zero-order valence-corrected chi connectivity index (χ0v) is 23.1. The van der Waals surface area contributed by atoms with Gasteiger partial charge in [-0.05, 0) is 80.5 Å². The Labute approximate surface area is 223 Å². The number of nitrogens with zero attached hydrogens (tertiary/aromatic N) is 2. The van der Waals surface area contributed by atoms with Crippen LogP contribution in [0, 0.1) is 20.8 Å². The van der Waals surface area contributed by atoms with Gasteiger partial charge in [0, 0.05) is 24.0 Å². The van der Waals surface area contributed by atoms with Crippen molar-refractivity contribution in [2.75, 3.05) is 17.2 Å². The molecule has 1 heterocycles. The minimum Gasteiger partial charge on any atom is -0.493 e. The molecule has 198 valence electrons. The van der Waals surface area contributed by atoms with Crippen LogP contribution in [0.5, 0.6) is 5.75 Å². The summed E-state index contributed by atoms with van der Waals surface area (Å²) in [5, 5.41) is 6.89. The van der Waals surface area contributed by atoms with Crippen LogP contribution in [0.15, 0.2) is 36.5 Å². The summed E-state index contributed by atoms with van der Waals surface area (Å²) in [5.74, 6) is 1.76. The van der Waals surface area contributed by atoms with E-state index >= 15 is 0 Å². The van der Waals surface area contributed by atoms with E-state index in [4.69, 9.17) is 16.3 Å². The van der Waals surface area contributed by atoms with Crippen LogP contribution in [0.2, 0.25) is 5.02 Å². The number of nitrogens with one attached hydrogen (secondary N) is 4. The summed E-state index contributed by atoms with van der Waals surface area (Å²) in [6, 6.07) is 9.72. The van der Waals surface area contributed by atoms with Crippen molar-refractivity contribution in [1.82, 2.24) is 19.4 Å². The molecule has 0 aliphatic heterocycles. The van der Waals surface area contributed by atoms with Crippen LogP contribution in [-0.4, -0.2) is 31.0 Å². The fraction of sp³-hybridized carbons (Fsp3) is 0.385. The van der Waals surface area contributed by atoms with Gasteiger partial charge in [0.2, 0.25) is 5.95 Å². The minimum absolute atomic E-state index is 0.0648. The van der Waals surface area contributed by atoms with Gasteiger partial charge in [0.1, 0.15) is 10.8 Å². The molecule has 4 N–H and O–H groups in total. The molecule has 11 heteroatoms. The van der Waals surface area contributed by atoms with E-state index in [2.05, 4.69) is 37.0 Å². The number of anilines is 4. The van der Waals surface area contributed by atoms with Crippen molar-refractivity contribution in [3.63, 3.8) is 0 Å². The average molecular weight is 545 g/mol.